The topological polar surface area (TPSA) is 183 Å². The molecule has 4 N–H and O–H groups in total. The molecule has 1 aromatic rings. The van der Waals surface area contributed by atoms with E-state index in [1.807, 2.05) is 6.92 Å². The van der Waals surface area contributed by atoms with Crippen molar-refractivity contribution in [2.45, 2.75) is 70.0 Å². The summed E-state index contributed by atoms with van der Waals surface area (Å²) >= 11 is 0. The molecular formula is C28H37FN2O10. The second-order valence-corrected chi connectivity index (χ2v) is 10.9. The quantitative estimate of drug-likeness (QED) is 0.266. The molecule has 1 aliphatic carbocycles. The number of likely N-dealkylation sites (tertiary alicyclic amines) is 1. The maximum atomic E-state index is 14.1. The minimum Gasteiger partial charge on any atom is -0.481 e. The number of hydrogen-bond acceptors (Lipinski definition) is 9. The van der Waals surface area contributed by atoms with Crippen molar-refractivity contribution in [3.05, 3.63) is 35.6 Å². The zero-order valence-electron chi connectivity index (χ0n) is 23.0. The summed E-state index contributed by atoms with van der Waals surface area (Å²) in [4.78, 5) is 51.5. The van der Waals surface area contributed by atoms with Gasteiger partial charge < -0.3 is 34.9 Å². The molecule has 4 rings (SSSR count). The molecule has 2 heterocycles. The number of aliphatic carboxylic acids is 3. The monoisotopic (exact) mass is 580 g/mol. The van der Waals surface area contributed by atoms with Gasteiger partial charge in [0.2, 0.25) is 0 Å². The maximum Gasteiger partial charge on any atom is 0.336 e. The van der Waals surface area contributed by atoms with Crippen molar-refractivity contribution in [3.8, 4) is 0 Å². The third-order valence-corrected chi connectivity index (χ3v) is 7.40. The lowest BCUT2D eigenvalue weighted by atomic mass is 9.74. The number of halogens is 1. The molecule has 41 heavy (non-hydrogen) atoms. The number of ether oxygens (including phenoxy) is 1. The molecule has 226 valence electrons. The number of esters is 1. The van der Waals surface area contributed by atoms with Gasteiger partial charge in [0.25, 0.3) is 0 Å². The minimum atomic E-state index is -2.74. The van der Waals surface area contributed by atoms with Crippen LogP contribution in [-0.4, -0.2) is 92.9 Å². The molecule has 12 nitrogen and oxygen atoms in total. The fraction of sp³-hybridized carbons (Fsp3) is 0.607. The molecule has 2 fully saturated rings. The molecule has 3 aliphatic rings. The number of aliphatic hydroxyl groups is 1. The predicted octanol–water partition coefficient (Wildman–Crippen LogP) is 2.52. The number of carbonyl (C=O) groups is 4. The average Bonchev–Trinajstić information content (AvgIpc) is 3.58. The number of benzene rings is 1. The van der Waals surface area contributed by atoms with Gasteiger partial charge in [0.05, 0.1) is 30.6 Å². The average molecular weight is 581 g/mol. The molecule has 0 bridgehead atoms. The van der Waals surface area contributed by atoms with Gasteiger partial charge in [-0.2, -0.15) is 0 Å². The van der Waals surface area contributed by atoms with Crippen molar-refractivity contribution < 1.29 is 53.6 Å². The van der Waals surface area contributed by atoms with Crippen LogP contribution in [0.15, 0.2) is 29.4 Å². The van der Waals surface area contributed by atoms with Crippen LogP contribution in [0.25, 0.3) is 0 Å². The van der Waals surface area contributed by atoms with Crippen LogP contribution in [0.5, 0.6) is 0 Å². The van der Waals surface area contributed by atoms with Crippen LogP contribution in [-0.2, 0) is 28.8 Å². The fourth-order valence-corrected chi connectivity index (χ4v) is 5.29. The highest BCUT2D eigenvalue weighted by atomic mass is 19.1. The van der Waals surface area contributed by atoms with Gasteiger partial charge in [-0.05, 0) is 51.1 Å². The summed E-state index contributed by atoms with van der Waals surface area (Å²) in [6, 6.07) is 6.62. The molecule has 13 heteroatoms. The second-order valence-electron chi connectivity index (χ2n) is 10.9. The number of carbonyl (C=O) groups excluding carboxylic acids is 1. The van der Waals surface area contributed by atoms with E-state index in [1.165, 1.54) is 18.9 Å². The summed E-state index contributed by atoms with van der Waals surface area (Å²) in [5, 5.41) is 37.9. The molecule has 1 saturated carbocycles. The molecular weight excluding hydrogens is 543 g/mol. The Morgan fingerprint density at radius 1 is 1.15 bits per heavy atom. The van der Waals surface area contributed by atoms with Crippen molar-refractivity contribution in [3.63, 3.8) is 0 Å². The Hall–Kier alpha value is -3.58. The van der Waals surface area contributed by atoms with E-state index in [4.69, 9.17) is 30.0 Å². The van der Waals surface area contributed by atoms with Crippen molar-refractivity contribution in [1.29, 1.82) is 0 Å². The predicted molar refractivity (Wildman–Crippen MR) is 142 cm³/mol. The number of nitrogens with zero attached hydrogens (tertiary/aromatic N) is 2. The number of hydrogen-bond donors (Lipinski definition) is 4. The minimum absolute atomic E-state index is 0.126. The van der Waals surface area contributed by atoms with Crippen LogP contribution in [0.2, 0.25) is 0 Å². The van der Waals surface area contributed by atoms with E-state index in [0.717, 1.165) is 38.4 Å². The van der Waals surface area contributed by atoms with E-state index in [9.17, 15) is 23.6 Å². The third kappa shape index (κ3) is 8.95. The van der Waals surface area contributed by atoms with Gasteiger partial charge in [-0.3, -0.25) is 14.4 Å². The van der Waals surface area contributed by atoms with Gasteiger partial charge >= 0.3 is 23.9 Å². The molecule has 0 amide bonds. The first-order valence-electron chi connectivity index (χ1n) is 13.6. The van der Waals surface area contributed by atoms with E-state index < -0.39 is 41.8 Å². The Bertz CT molecular complexity index is 1140. The summed E-state index contributed by atoms with van der Waals surface area (Å²) in [6.07, 6.45) is 2.96. The first kappa shape index (κ1) is 31.9. The summed E-state index contributed by atoms with van der Waals surface area (Å²) in [7, 11) is 0. The Balaban J connectivity index is 0.000000302. The van der Waals surface area contributed by atoms with Crippen molar-refractivity contribution >= 4 is 29.6 Å². The van der Waals surface area contributed by atoms with Crippen molar-refractivity contribution in [2.24, 2.45) is 16.5 Å². The van der Waals surface area contributed by atoms with Crippen LogP contribution in [0, 0.1) is 17.2 Å². The number of carboxylic acids is 3. The highest BCUT2D eigenvalue weighted by Crippen LogP contribution is 2.40. The Labute approximate surface area is 236 Å². The zero-order chi connectivity index (χ0) is 30.2. The van der Waals surface area contributed by atoms with Crippen molar-refractivity contribution in [2.75, 3.05) is 26.2 Å². The normalized spacial score (nSPS) is 22.5. The van der Waals surface area contributed by atoms with Crippen LogP contribution < -0.4 is 0 Å². The van der Waals surface area contributed by atoms with Crippen LogP contribution >= 0.6 is 0 Å². The van der Waals surface area contributed by atoms with Gasteiger partial charge in [-0.25, -0.2) is 9.18 Å². The molecule has 2 unspecified atom stereocenters. The lowest BCUT2D eigenvalue weighted by Gasteiger charge is -2.41. The Morgan fingerprint density at radius 2 is 1.80 bits per heavy atom. The van der Waals surface area contributed by atoms with Crippen LogP contribution in [0.3, 0.4) is 0 Å². The summed E-state index contributed by atoms with van der Waals surface area (Å²) in [5.41, 5.74) is -2.20. The molecule has 2 atom stereocenters. The number of piperidine rings is 1. The first-order chi connectivity index (χ1) is 19.4. The highest BCUT2D eigenvalue weighted by Gasteiger charge is 2.47. The number of carboxylic acid groups (broad SMARTS) is 3. The summed E-state index contributed by atoms with van der Waals surface area (Å²) in [6.45, 7) is 5.06. The summed E-state index contributed by atoms with van der Waals surface area (Å²) < 4.78 is 19.6. The largest absolute Gasteiger partial charge is 0.481 e. The van der Waals surface area contributed by atoms with E-state index in [2.05, 4.69) is 10.1 Å². The van der Waals surface area contributed by atoms with Crippen molar-refractivity contribution in [1.82, 2.24) is 4.90 Å². The lowest BCUT2D eigenvalue weighted by molar-refractivity contribution is -0.170. The smallest absolute Gasteiger partial charge is 0.336 e. The second kappa shape index (κ2) is 13.9. The van der Waals surface area contributed by atoms with Gasteiger partial charge in [0.1, 0.15) is 11.9 Å². The molecule has 1 saturated heterocycles. The lowest BCUT2D eigenvalue weighted by Crippen LogP contribution is -2.50. The van der Waals surface area contributed by atoms with E-state index >= 15 is 0 Å². The van der Waals surface area contributed by atoms with Crippen LogP contribution in [0.4, 0.5) is 4.39 Å². The Kier molecular flexibility index (Phi) is 10.8. The van der Waals surface area contributed by atoms with Gasteiger partial charge in [0, 0.05) is 31.5 Å². The zero-order valence-corrected chi connectivity index (χ0v) is 23.0. The number of oxime groups is 1. The summed E-state index contributed by atoms with van der Waals surface area (Å²) in [5.74, 6) is -4.65. The van der Waals surface area contributed by atoms with Gasteiger partial charge in [-0.15, -0.1) is 0 Å². The first-order valence-corrected chi connectivity index (χ1v) is 13.6. The standard InChI is InChI=1S/C22H29FN2O3.C6H8O7/c1-2-27-21(26)22(10-5-11-25(15-22)14-16-8-9-16)13-17-12-20(24-28-17)18-6-3-4-7-19(18)23;7-3(8)1-6(13,5(11)12)2-4(9)10/h3-4,6-7,16-17H,2,5,8-15H2,1H3;13H,1-2H2,(H,7,8)(H,9,10)(H,11,12). The van der Waals surface area contributed by atoms with E-state index in [-0.39, 0.29) is 17.9 Å². The van der Waals surface area contributed by atoms with Gasteiger partial charge in [0.15, 0.2) is 5.60 Å². The maximum absolute atomic E-state index is 14.1. The third-order valence-electron chi connectivity index (χ3n) is 7.40. The molecule has 1 aromatic carbocycles. The van der Waals surface area contributed by atoms with E-state index in [0.29, 0.717) is 30.7 Å². The van der Waals surface area contributed by atoms with Crippen LogP contribution in [0.1, 0.15) is 63.9 Å². The molecule has 2 aliphatic heterocycles. The molecule has 0 radical (unpaired) electrons. The Morgan fingerprint density at radius 3 is 2.37 bits per heavy atom. The fourth-order valence-electron chi connectivity index (χ4n) is 5.29. The molecule has 0 aromatic heterocycles. The molecule has 0 spiro atoms. The number of rotatable bonds is 12. The SMILES string of the molecule is CCOC(=O)C1(CC2CC(c3ccccc3F)=NO2)CCCN(CC2CC2)C1.O=C(O)CC(O)(CC(=O)O)C(=O)O. The van der Waals surface area contributed by atoms with Gasteiger partial charge in [-0.1, -0.05) is 23.4 Å². The van der Waals surface area contributed by atoms with E-state index in [1.54, 1.807) is 18.2 Å². The highest BCUT2D eigenvalue weighted by molar-refractivity contribution is 6.01.